The number of ether oxygens (including phenoxy) is 1. The van der Waals surface area contributed by atoms with Crippen LogP contribution in [0.4, 0.5) is 0 Å². The summed E-state index contributed by atoms with van der Waals surface area (Å²) in [4.78, 5) is 34.0. The molecule has 0 saturated heterocycles. The van der Waals surface area contributed by atoms with Crippen molar-refractivity contribution in [1.82, 2.24) is 10.9 Å². The van der Waals surface area contributed by atoms with Gasteiger partial charge in [0.05, 0.1) is 0 Å². The van der Waals surface area contributed by atoms with Gasteiger partial charge in [-0.1, -0.05) is 18.2 Å². The SMILES string of the molecule is CC(=O)NNC(=O)COC(=O)c1cc2ccccc2s1. The van der Waals surface area contributed by atoms with Crippen LogP contribution in [-0.4, -0.2) is 24.4 Å². The first-order chi connectivity index (χ1) is 9.56. The first-order valence-electron chi connectivity index (χ1n) is 5.77. The van der Waals surface area contributed by atoms with Crippen LogP contribution in [0.15, 0.2) is 30.3 Å². The number of carbonyl (C=O) groups excluding carboxylic acids is 3. The maximum atomic E-state index is 11.8. The average Bonchev–Trinajstić information content (AvgIpc) is 2.86. The molecule has 2 aromatic rings. The minimum atomic E-state index is -0.602. The molecule has 0 aliphatic carbocycles. The van der Waals surface area contributed by atoms with E-state index in [-0.39, 0.29) is 0 Å². The fraction of sp³-hybridized carbons (Fsp3) is 0.154. The Bertz CT molecular complexity index is 632. The third-order valence-corrected chi connectivity index (χ3v) is 3.44. The predicted octanol–water partition coefficient (Wildman–Crippen LogP) is 1.23. The van der Waals surface area contributed by atoms with Gasteiger partial charge in [-0.15, -0.1) is 11.3 Å². The fourth-order valence-corrected chi connectivity index (χ4v) is 2.44. The molecule has 20 heavy (non-hydrogen) atoms. The highest BCUT2D eigenvalue weighted by molar-refractivity contribution is 7.20. The van der Waals surface area contributed by atoms with Crippen molar-refractivity contribution < 1.29 is 19.1 Å². The van der Waals surface area contributed by atoms with Gasteiger partial charge in [-0.3, -0.25) is 20.4 Å². The maximum Gasteiger partial charge on any atom is 0.348 e. The molecule has 0 bridgehead atoms. The Morgan fingerprint density at radius 1 is 1.20 bits per heavy atom. The number of rotatable bonds is 3. The number of hydrogen-bond donors (Lipinski definition) is 2. The Hall–Kier alpha value is -2.41. The normalized spacial score (nSPS) is 10.1. The van der Waals surface area contributed by atoms with Gasteiger partial charge < -0.3 is 4.74 Å². The van der Waals surface area contributed by atoms with Crippen LogP contribution in [0.3, 0.4) is 0 Å². The summed E-state index contributed by atoms with van der Waals surface area (Å²) in [5.41, 5.74) is 4.21. The monoisotopic (exact) mass is 292 g/mol. The molecule has 2 amide bonds. The van der Waals surface area contributed by atoms with Crippen molar-refractivity contribution in [3.05, 3.63) is 35.2 Å². The number of hydrazine groups is 1. The molecule has 6 nitrogen and oxygen atoms in total. The zero-order chi connectivity index (χ0) is 14.5. The standard InChI is InChI=1S/C13H12N2O4S/c1-8(16)14-15-12(17)7-19-13(18)11-6-9-4-2-3-5-10(9)20-11/h2-6H,7H2,1H3,(H,14,16)(H,15,17). The van der Waals surface area contributed by atoms with E-state index in [0.717, 1.165) is 10.1 Å². The van der Waals surface area contributed by atoms with Crippen LogP contribution < -0.4 is 10.9 Å². The summed E-state index contributed by atoms with van der Waals surface area (Å²) in [5, 5.41) is 0.951. The second-order valence-corrected chi connectivity index (χ2v) is 5.04. The highest BCUT2D eigenvalue weighted by Gasteiger charge is 2.13. The molecule has 0 aliphatic heterocycles. The summed E-state index contributed by atoms with van der Waals surface area (Å²) < 4.78 is 5.83. The van der Waals surface area contributed by atoms with Gasteiger partial charge in [0.2, 0.25) is 5.91 Å². The van der Waals surface area contributed by atoms with E-state index in [0.29, 0.717) is 4.88 Å². The maximum absolute atomic E-state index is 11.8. The molecule has 1 heterocycles. The number of esters is 1. The van der Waals surface area contributed by atoms with Crippen LogP contribution in [0.1, 0.15) is 16.6 Å². The van der Waals surface area contributed by atoms with Gasteiger partial charge >= 0.3 is 5.97 Å². The van der Waals surface area contributed by atoms with E-state index in [1.165, 1.54) is 18.3 Å². The van der Waals surface area contributed by atoms with Gasteiger partial charge in [-0.25, -0.2) is 4.79 Å². The predicted molar refractivity (Wildman–Crippen MR) is 74.1 cm³/mol. The fourth-order valence-electron chi connectivity index (χ4n) is 1.48. The number of thiophene rings is 1. The number of carbonyl (C=O) groups is 3. The van der Waals surface area contributed by atoms with E-state index in [1.54, 1.807) is 6.07 Å². The largest absolute Gasteiger partial charge is 0.451 e. The Labute approximate surface area is 118 Å². The molecule has 1 aromatic carbocycles. The van der Waals surface area contributed by atoms with E-state index in [2.05, 4.69) is 10.9 Å². The van der Waals surface area contributed by atoms with Crippen LogP contribution in [0.2, 0.25) is 0 Å². The molecular weight excluding hydrogens is 280 g/mol. The Morgan fingerprint density at radius 3 is 2.65 bits per heavy atom. The Kier molecular flexibility index (Phi) is 4.31. The molecule has 0 saturated carbocycles. The first kappa shape index (κ1) is 14.0. The van der Waals surface area contributed by atoms with Crippen molar-refractivity contribution in [3.63, 3.8) is 0 Å². The van der Waals surface area contributed by atoms with Crippen molar-refractivity contribution in [1.29, 1.82) is 0 Å². The second-order valence-electron chi connectivity index (χ2n) is 3.95. The molecular formula is C13H12N2O4S. The zero-order valence-electron chi connectivity index (χ0n) is 10.6. The van der Waals surface area contributed by atoms with Gasteiger partial charge in [0.1, 0.15) is 4.88 Å². The third-order valence-electron chi connectivity index (χ3n) is 2.34. The van der Waals surface area contributed by atoms with Crippen molar-refractivity contribution in [2.24, 2.45) is 0 Å². The number of nitrogens with one attached hydrogen (secondary N) is 2. The lowest BCUT2D eigenvalue weighted by atomic mass is 10.2. The summed E-state index contributed by atoms with van der Waals surface area (Å²) in [6, 6.07) is 9.28. The van der Waals surface area contributed by atoms with Gasteiger partial charge in [0, 0.05) is 11.6 Å². The summed E-state index contributed by atoms with van der Waals surface area (Å²) >= 11 is 1.30. The average molecular weight is 292 g/mol. The molecule has 0 atom stereocenters. The topological polar surface area (TPSA) is 84.5 Å². The van der Waals surface area contributed by atoms with Crippen LogP contribution in [0, 0.1) is 0 Å². The molecule has 104 valence electrons. The molecule has 0 unspecified atom stereocenters. The molecule has 0 radical (unpaired) electrons. The summed E-state index contributed by atoms with van der Waals surface area (Å²) in [6.07, 6.45) is 0. The van der Waals surface area contributed by atoms with Gasteiger partial charge in [-0.2, -0.15) is 0 Å². The van der Waals surface area contributed by atoms with Gasteiger partial charge in [-0.05, 0) is 17.5 Å². The number of benzene rings is 1. The van der Waals surface area contributed by atoms with Crippen LogP contribution in [0.5, 0.6) is 0 Å². The summed E-state index contributed by atoms with van der Waals surface area (Å²) in [5.74, 6) is -1.58. The molecule has 0 fully saturated rings. The molecule has 7 heteroatoms. The van der Waals surface area contributed by atoms with Gasteiger partial charge in [0.25, 0.3) is 5.91 Å². The molecule has 1 aromatic heterocycles. The van der Waals surface area contributed by atoms with E-state index >= 15 is 0 Å². The van der Waals surface area contributed by atoms with E-state index < -0.39 is 24.4 Å². The van der Waals surface area contributed by atoms with E-state index in [1.807, 2.05) is 24.3 Å². The van der Waals surface area contributed by atoms with Crippen LogP contribution >= 0.6 is 11.3 Å². The lowest BCUT2D eigenvalue weighted by molar-refractivity contribution is -0.129. The van der Waals surface area contributed by atoms with Crippen molar-refractivity contribution in [3.8, 4) is 0 Å². The molecule has 2 rings (SSSR count). The molecule has 2 N–H and O–H groups in total. The minimum absolute atomic E-state index is 0.408. The number of amides is 2. The lowest BCUT2D eigenvalue weighted by Crippen LogP contribution is -2.42. The molecule has 0 spiro atoms. The summed E-state index contributed by atoms with van der Waals surface area (Å²) in [6.45, 7) is 0.802. The van der Waals surface area contributed by atoms with Crippen molar-refractivity contribution in [2.75, 3.05) is 6.61 Å². The minimum Gasteiger partial charge on any atom is -0.451 e. The van der Waals surface area contributed by atoms with Gasteiger partial charge in [0.15, 0.2) is 6.61 Å². The Balaban J connectivity index is 1.91. The van der Waals surface area contributed by atoms with Crippen molar-refractivity contribution in [2.45, 2.75) is 6.92 Å². The second kappa shape index (κ2) is 6.16. The zero-order valence-corrected chi connectivity index (χ0v) is 11.5. The van der Waals surface area contributed by atoms with Crippen molar-refractivity contribution >= 4 is 39.2 Å². The highest BCUT2D eigenvalue weighted by atomic mass is 32.1. The lowest BCUT2D eigenvalue weighted by Gasteiger charge is -2.05. The third kappa shape index (κ3) is 3.55. The van der Waals surface area contributed by atoms with Crippen LogP contribution in [0.25, 0.3) is 10.1 Å². The number of hydrogen-bond acceptors (Lipinski definition) is 5. The quantitative estimate of drug-likeness (QED) is 0.658. The summed E-state index contributed by atoms with van der Waals surface area (Å²) in [7, 11) is 0. The number of fused-ring (bicyclic) bond motifs is 1. The van der Waals surface area contributed by atoms with Crippen LogP contribution in [-0.2, 0) is 14.3 Å². The van der Waals surface area contributed by atoms with E-state index in [9.17, 15) is 14.4 Å². The molecule has 0 aliphatic rings. The van der Waals surface area contributed by atoms with E-state index in [4.69, 9.17) is 4.74 Å². The Morgan fingerprint density at radius 2 is 1.95 bits per heavy atom. The smallest absolute Gasteiger partial charge is 0.348 e. The highest BCUT2D eigenvalue weighted by Crippen LogP contribution is 2.25. The first-order valence-corrected chi connectivity index (χ1v) is 6.59.